The fraction of sp³-hybridized carbons (Fsp3) is 0.933. The van der Waals surface area contributed by atoms with Crippen LogP contribution in [0.4, 0.5) is 0 Å². The molecule has 3 aliphatic heterocycles. The Bertz CT molecular complexity index is 325. The van der Waals surface area contributed by atoms with Crippen LogP contribution in [-0.4, -0.2) is 48.6 Å². The van der Waals surface area contributed by atoms with E-state index in [1.54, 1.807) is 0 Å². The second-order valence-electron chi connectivity index (χ2n) is 6.51. The summed E-state index contributed by atoms with van der Waals surface area (Å²) in [7, 11) is 0. The molecule has 3 fully saturated rings. The van der Waals surface area contributed by atoms with Crippen molar-refractivity contribution in [2.24, 2.45) is 5.92 Å². The Morgan fingerprint density at radius 3 is 2.63 bits per heavy atom. The number of amides is 1. The minimum atomic E-state index is 0.243. The number of nitrogens with one attached hydrogen (secondary N) is 2. The van der Waals surface area contributed by atoms with Crippen molar-refractivity contribution in [3.63, 3.8) is 0 Å². The number of likely N-dealkylation sites (tertiary alicyclic amines) is 1. The van der Waals surface area contributed by atoms with Crippen molar-refractivity contribution in [2.45, 2.75) is 63.6 Å². The van der Waals surface area contributed by atoms with Crippen LogP contribution in [-0.2, 0) is 4.79 Å². The maximum Gasteiger partial charge on any atom is 0.224 e. The lowest BCUT2D eigenvalue weighted by Crippen LogP contribution is -2.48. The summed E-state index contributed by atoms with van der Waals surface area (Å²) in [4.78, 5) is 14.9. The van der Waals surface area contributed by atoms with Crippen molar-refractivity contribution in [2.75, 3.05) is 19.6 Å². The van der Waals surface area contributed by atoms with Crippen molar-refractivity contribution >= 4 is 5.91 Å². The van der Waals surface area contributed by atoms with Crippen LogP contribution >= 0.6 is 0 Å². The standard InChI is InChI=1S/C15H27N3O/c1-2-7-18-8-5-11(6-9-18)17-15(19)13-10-12-3-4-14(13)16-12/h11-14,16H,2-10H2,1H3,(H,17,19). The minimum Gasteiger partial charge on any atom is -0.353 e. The third-order valence-electron chi connectivity index (χ3n) is 5.11. The zero-order chi connectivity index (χ0) is 13.2. The highest BCUT2D eigenvalue weighted by Crippen LogP contribution is 2.33. The first-order valence-corrected chi connectivity index (χ1v) is 8.05. The van der Waals surface area contributed by atoms with Gasteiger partial charge in [-0.25, -0.2) is 0 Å². The topological polar surface area (TPSA) is 44.4 Å². The van der Waals surface area contributed by atoms with Gasteiger partial charge in [-0.15, -0.1) is 0 Å². The summed E-state index contributed by atoms with van der Waals surface area (Å²) in [5.74, 6) is 0.557. The number of nitrogens with zero attached hydrogens (tertiary/aromatic N) is 1. The molecule has 2 bridgehead atoms. The van der Waals surface area contributed by atoms with Crippen LogP contribution in [0, 0.1) is 5.92 Å². The highest BCUT2D eigenvalue weighted by Gasteiger charge is 2.43. The largest absolute Gasteiger partial charge is 0.353 e. The summed E-state index contributed by atoms with van der Waals surface area (Å²) in [6.07, 6.45) is 7.00. The number of rotatable bonds is 4. The lowest BCUT2D eigenvalue weighted by Gasteiger charge is -2.33. The molecule has 3 rings (SSSR count). The van der Waals surface area contributed by atoms with Crippen molar-refractivity contribution in [1.29, 1.82) is 0 Å². The van der Waals surface area contributed by atoms with Gasteiger partial charge in [0.1, 0.15) is 0 Å². The number of piperidine rings is 1. The van der Waals surface area contributed by atoms with Gasteiger partial charge >= 0.3 is 0 Å². The SMILES string of the molecule is CCCN1CCC(NC(=O)C2CC3CCC2N3)CC1. The van der Waals surface area contributed by atoms with Gasteiger partial charge in [-0.3, -0.25) is 4.79 Å². The quantitative estimate of drug-likeness (QED) is 0.800. The molecule has 3 saturated heterocycles. The minimum absolute atomic E-state index is 0.243. The molecule has 0 aliphatic carbocycles. The summed E-state index contributed by atoms with van der Waals surface area (Å²) < 4.78 is 0. The molecule has 3 atom stereocenters. The number of hydrogen-bond acceptors (Lipinski definition) is 3. The highest BCUT2D eigenvalue weighted by molar-refractivity contribution is 5.80. The Balaban J connectivity index is 1.43. The van der Waals surface area contributed by atoms with E-state index in [9.17, 15) is 4.79 Å². The number of carbonyl (C=O) groups excluding carboxylic acids is 1. The molecule has 1 amide bonds. The van der Waals surface area contributed by atoms with E-state index in [1.165, 1.54) is 25.8 Å². The molecule has 4 nitrogen and oxygen atoms in total. The average molecular weight is 265 g/mol. The number of hydrogen-bond donors (Lipinski definition) is 2. The molecule has 0 aromatic carbocycles. The van der Waals surface area contributed by atoms with Gasteiger partial charge in [0.05, 0.1) is 5.92 Å². The fourth-order valence-corrected chi connectivity index (χ4v) is 4.04. The van der Waals surface area contributed by atoms with Crippen LogP contribution in [0.1, 0.15) is 45.4 Å². The third kappa shape index (κ3) is 2.95. The smallest absolute Gasteiger partial charge is 0.224 e. The summed E-state index contributed by atoms with van der Waals surface area (Å²) >= 11 is 0. The van der Waals surface area contributed by atoms with E-state index in [0.717, 1.165) is 32.4 Å². The van der Waals surface area contributed by atoms with Crippen LogP contribution in [0.5, 0.6) is 0 Å². The van der Waals surface area contributed by atoms with Crippen LogP contribution in [0.25, 0.3) is 0 Å². The maximum absolute atomic E-state index is 12.3. The van der Waals surface area contributed by atoms with Gasteiger partial charge in [-0.2, -0.15) is 0 Å². The molecule has 0 saturated carbocycles. The van der Waals surface area contributed by atoms with E-state index in [4.69, 9.17) is 0 Å². The lowest BCUT2D eigenvalue weighted by atomic mass is 9.88. The molecule has 3 heterocycles. The second kappa shape index (κ2) is 5.80. The van der Waals surface area contributed by atoms with E-state index < -0.39 is 0 Å². The maximum atomic E-state index is 12.3. The molecule has 0 aromatic heterocycles. The van der Waals surface area contributed by atoms with Crippen LogP contribution in [0.15, 0.2) is 0 Å². The summed E-state index contributed by atoms with van der Waals surface area (Å²) in [6, 6.07) is 1.50. The zero-order valence-electron chi connectivity index (χ0n) is 12.0. The average Bonchev–Trinajstić information content (AvgIpc) is 3.04. The van der Waals surface area contributed by atoms with Crippen molar-refractivity contribution < 1.29 is 4.79 Å². The van der Waals surface area contributed by atoms with E-state index in [1.807, 2.05) is 0 Å². The Morgan fingerprint density at radius 1 is 1.26 bits per heavy atom. The van der Waals surface area contributed by atoms with Crippen molar-refractivity contribution in [3.05, 3.63) is 0 Å². The monoisotopic (exact) mass is 265 g/mol. The number of carbonyl (C=O) groups is 1. The van der Waals surface area contributed by atoms with Crippen molar-refractivity contribution in [1.82, 2.24) is 15.5 Å². The lowest BCUT2D eigenvalue weighted by molar-refractivity contribution is -0.126. The van der Waals surface area contributed by atoms with E-state index in [0.29, 0.717) is 24.0 Å². The van der Waals surface area contributed by atoms with Gasteiger partial charge in [0, 0.05) is 31.2 Å². The van der Waals surface area contributed by atoms with Gasteiger partial charge in [-0.05, 0) is 45.1 Å². The summed E-state index contributed by atoms with van der Waals surface area (Å²) in [5.41, 5.74) is 0. The first-order chi connectivity index (χ1) is 9.26. The summed E-state index contributed by atoms with van der Waals surface area (Å²) in [5, 5.41) is 6.85. The highest BCUT2D eigenvalue weighted by atomic mass is 16.2. The van der Waals surface area contributed by atoms with E-state index in [-0.39, 0.29) is 5.92 Å². The van der Waals surface area contributed by atoms with E-state index in [2.05, 4.69) is 22.5 Å². The molecular formula is C15H27N3O. The van der Waals surface area contributed by atoms with Crippen LogP contribution in [0.2, 0.25) is 0 Å². The Kier molecular flexibility index (Phi) is 4.08. The first-order valence-electron chi connectivity index (χ1n) is 8.05. The van der Waals surface area contributed by atoms with Gasteiger partial charge in [0.15, 0.2) is 0 Å². The Morgan fingerprint density at radius 2 is 2.05 bits per heavy atom. The molecule has 0 radical (unpaired) electrons. The van der Waals surface area contributed by atoms with Crippen LogP contribution in [0.3, 0.4) is 0 Å². The molecule has 108 valence electrons. The molecule has 4 heteroatoms. The van der Waals surface area contributed by atoms with Gasteiger partial charge in [0.2, 0.25) is 5.91 Å². The third-order valence-corrected chi connectivity index (χ3v) is 5.11. The zero-order valence-corrected chi connectivity index (χ0v) is 12.0. The molecular weight excluding hydrogens is 238 g/mol. The molecule has 19 heavy (non-hydrogen) atoms. The number of fused-ring (bicyclic) bond motifs is 2. The van der Waals surface area contributed by atoms with Gasteiger partial charge in [-0.1, -0.05) is 6.92 Å². The van der Waals surface area contributed by atoms with Crippen molar-refractivity contribution in [3.8, 4) is 0 Å². The molecule has 0 aromatic rings. The molecule has 2 N–H and O–H groups in total. The van der Waals surface area contributed by atoms with Gasteiger partial charge < -0.3 is 15.5 Å². The molecule has 3 aliphatic rings. The molecule has 0 spiro atoms. The first kappa shape index (κ1) is 13.4. The second-order valence-corrected chi connectivity index (χ2v) is 6.51. The Labute approximate surface area is 116 Å². The predicted molar refractivity (Wildman–Crippen MR) is 75.9 cm³/mol. The summed E-state index contributed by atoms with van der Waals surface area (Å²) in [6.45, 7) is 5.73. The van der Waals surface area contributed by atoms with E-state index >= 15 is 0 Å². The van der Waals surface area contributed by atoms with Gasteiger partial charge in [0.25, 0.3) is 0 Å². The predicted octanol–water partition coefficient (Wildman–Crippen LogP) is 1.12. The fourth-order valence-electron chi connectivity index (χ4n) is 4.04. The Hall–Kier alpha value is -0.610. The van der Waals surface area contributed by atoms with Crippen LogP contribution < -0.4 is 10.6 Å². The molecule has 3 unspecified atom stereocenters. The normalized spacial score (nSPS) is 35.7.